The Kier molecular flexibility index (Phi) is 6.66. The Hall–Kier alpha value is -4.09. The third-order valence-corrected chi connectivity index (χ3v) is 6.19. The molecular formula is C23H15N3O6S2. The molecule has 0 bridgehead atoms. The number of thioether (sulfide) groups is 1. The fourth-order valence-electron chi connectivity index (χ4n) is 3.16. The molecular weight excluding hydrogens is 478 g/mol. The summed E-state index contributed by atoms with van der Waals surface area (Å²) < 4.78 is 6.04. The molecule has 0 radical (unpaired) electrons. The number of hydrogen-bond donors (Lipinski definition) is 0. The van der Waals surface area contributed by atoms with Crippen molar-refractivity contribution < 1.29 is 19.4 Å². The second-order valence-electron chi connectivity index (χ2n) is 7.09. The molecule has 1 aliphatic rings. The van der Waals surface area contributed by atoms with Crippen LogP contribution in [-0.4, -0.2) is 25.0 Å². The molecule has 1 heterocycles. The molecule has 0 unspecified atom stereocenters. The molecule has 0 spiro atoms. The molecule has 0 aromatic heterocycles. The zero-order valence-electron chi connectivity index (χ0n) is 17.3. The summed E-state index contributed by atoms with van der Waals surface area (Å²) in [5.41, 5.74) is 0.770. The lowest BCUT2D eigenvalue weighted by Crippen LogP contribution is -2.27. The zero-order chi connectivity index (χ0) is 24.2. The van der Waals surface area contributed by atoms with Gasteiger partial charge in [-0.1, -0.05) is 66.4 Å². The Bertz CT molecular complexity index is 1330. The van der Waals surface area contributed by atoms with Gasteiger partial charge in [-0.15, -0.1) is 0 Å². The van der Waals surface area contributed by atoms with Crippen molar-refractivity contribution in [3.8, 4) is 11.5 Å². The van der Waals surface area contributed by atoms with E-state index in [9.17, 15) is 25.0 Å². The number of thiocarbonyl (C=S) groups is 1. The molecule has 34 heavy (non-hydrogen) atoms. The maximum atomic E-state index is 12.8. The smallest absolute Gasteiger partial charge is 0.318 e. The van der Waals surface area contributed by atoms with E-state index < -0.39 is 21.2 Å². The third-order valence-electron chi connectivity index (χ3n) is 4.81. The van der Waals surface area contributed by atoms with Crippen molar-refractivity contribution in [3.63, 3.8) is 0 Å². The summed E-state index contributed by atoms with van der Waals surface area (Å²) >= 11 is 6.59. The number of carbonyl (C=O) groups is 1. The van der Waals surface area contributed by atoms with Gasteiger partial charge >= 0.3 is 5.69 Å². The predicted octanol–water partition coefficient (Wildman–Crippen LogP) is 5.70. The van der Waals surface area contributed by atoms with Gasteiger partial charge in [-0.25, -0.2) is 0 Å². The van der Waals surface area contributed by atoms with Gasteiger partial charge in [0, 0.05) is 6.07 Å². The molecule has 0 saturated carbocycles. The van der Waals surface area contributed by atoms with E-state index in [0.29, 0.717) is 27.1 Å². The fourth-order valence-corrected chi connectivity index (χ4v) is 4.42. The molecule has 170 valence electrons. The molecule has 1 amide bonds. The number of carbonyl (C=O) groups excluding carboxylic acids is 1. The first-order chi connectivity index (χ1) is 16.3. The molecule has 0 aliphatic carbocycles. The van der Waals surface area contributed by atoms with Crippen LogP contribution in [0.5, 0.6) is 11.5 Å². The largest absolute Gasteiger partial charge is 0.450 e. The number of benzene rings is 3. The van der Waals surface area contributed by atoms with Crippen LogP contribution < -0.4 is 4.74 Å². The lowest BCUT2D eigenvalue weighted by atomic mass is 10.2. The molecule has 3 aromatic rings. The molecule has 3 aromatic carbocycles. The van der Waals surface area contributed by atoms with Gasteiger partial charge in [0.15, 0.2) is 0 Å². The van der Waals surface area contributed by atoms with Crippen LogP contribution in [-0.2, 0) is 11.3 Å². The van der Waals surface area contributed by atoms with Crippen LogP contribution in [0, 0.1) is 20.2 Å². The summed E-state index contributed by atoms with van der Waals surface area (Å²) in [6.45, 7) is 0.393. The van der Waals surface area contributed by atoms with E-state index in [4.69, 9.17) is 17.0 Å². The Labute approximate surface area is 202 Å². The second kappa shape index (κ2) is 9.81. The Morgan fingerprint density at radius 3 is 2.32 bits per heavy atom. The van der Waals surface area contributed by atoms with Gasteiger partial charge < -0.3 is 4.74 Å². The maximum Gasteiger partial charge on any atom is 0.318 e. The van der Waals surface area contributed by atoms with Crippen LogP contribution in [0.2, 0.25) is 0 Å². The van der Waals surface area contributed by atoms with Crippen LogP contribution in [0.1, 0.15) is 11.1 Å². The van der Waals surface area contributed by atoms with E-state index in [2.05, 4.69) is 0 Å². The molecule has 11 heteroatoms. The van der Waals surface area contributed by atoms with E-state index in [1.54, 1.807) is 35.2 Å². The summed E-state index contributed by atoms with van der Waals surface area (Å²) in [5.74, 6) is -0.00320. The van der Waals surface area contributed by atoms with E-state index in [1.807, 2.05) is 30.3 Å². The molecule has 9 nitrogen and oxygen atoms in total. The standard InChI is InChI=1S/C23H15N3O6S2/c27-22-21(34-23(33)24(22)14-16-4-2-1-3-5-16)12-15-6-9-18(10-7-15)32-20-11-8-17(25(28)29)13-19(20)26(30)31/h1-13H,14H2/b21-12-. The molecule has 4 rings (SSSR count). The first-order valence-corrected chi connectivity index (χ1v) is 11.0. The molecule has 0 N–H and O–H groups in total. The first kappa shape index (κ1) is 23.1. The van der Waals surface area contributed by atoms with Gasteiger partial charge in [0.05, 0.1) is 27.4 Å². The van der Waals surface area contributed by atoms with E-state index in [0.717, 1.165) is 17.7 Å². The summed E-state index contributed by atoms with van der Waals surface area (Å²) in [6.07, 6.45) is 1.71. The molecule has 1 aliphatic heterocycles. The number of rotatable bonds is 7. The Morgan fingerprint density at radius 2 is 1.68 bits per heavy atom. The Morgan fingerprint density at radius 1 is 0.971 bits per heavy atom. The average molecular weight is 494 g/mol. The number of non-ortho nitro benzene ring substituents is 1. The molecule has 1 fully saturated rings. The summed E-state index contributed by atoms with van der Waals surface area (Å²) in [7, 11) is 0. The zero-order valence-corrected chi connectivity index (χ0v) is 19.0. The highest BCUT2D eigenvalue weighted by Crippen LogP contribution is 2.36. The second-order valence-corrected chi connectivity index (χ2v) is 8.77. The monoisotopic (exact) mass is 493 g/mol. The number of nitrogens with zero attached hydrogens (tertiary/aromatic N) is 3. The van der Waals surface area contributed by atoms with Crippen LogP contribution in [0.4, 0.5) is 11.4 Å². The minimum atomic E-state index is -0.742. The lowest BCUT2D eigenvalue weighted by Gasteiger charge is -2.14. The van der Waals surface area contributed by atoms with E-state index >= 15 is 0 Å². The quantitative estimate of drug-likeness (QED) is 0.178. The average Bonchev–Trinajstić information content (AvgIpc) is 3.08. The van der Waals surface area contributed by atoms with Gasteiger partial charge in [0.25, 0.3) is 11.6 Å². The molecule has 1 saturated heterocycles. The van der Waals surface area contributed by atoms with Gasteiger partial charge in [-0.3, -0.25) is 29.9 Å². The van der Waals surface area contributed by atoms with Crippen molar-refractivity contribution in [1.29, 1.82) is 0 Å². The van der Waals surface area contributed by atoms with Crippen molar-refractivity contribution in [2.75, 3.05) is 0 Å². The van der Waals surface area contributed by atoms with Crippen LogP contribution in [0.25, 0.3) is 6.08 Å². The summed E-state index contributed by atoms with van der Waals surface area (Å²) in [5, 5.41) is 22.2. The number of hydrogen-bond acceptors (Lipinski definition) is 8. The van der Waals surface area contributed by atoms with Crippen LogP contribution in [0.3, 0.4) is 0 Å². The van der Waals surface area contributed by atoms with Gasteiger partial charge in [0.2, 0.25) is 5.75 Å². The topological polar surface area (TPSA) is 116 Å². The van der Waals surface area contributed by atoms with E-state index in [-0.39, 0.29) is 11.7 Å². The normalized spacial score (nSPS) is 14.5. The van der Waals surface area contributed by atoms with Crippen molar-refractivity contribution >= 4 is 51.7 Å². The number of ether oxygens (including phenoxy) is 1. The third kappa shape index (κ3) is 5.11. The van der Waals surface area contributed by atoms with Crippen molar-refractivity contribution in [2.45, 2.75) is 6.54 Å². The van der Waals surface area contributed by atoms with Crippen molar-refractivity contribution in [3.05, 3.63) is 109 Å². The Balaban J connectivity index is 1.49. The highest BCUT2D eigenvalue weighted by molar-refractivity contribution is 8.26. The SMILES string of the molecule is O=C1/C(=C/c2ccc(Oc3ccc([N+](=O)[O-])cc3[N+](=O)[O-])cc2)SC(=S)N1Cc1ccccc1. The van der Waals surface area contributed by atoms with E-state index in [1.165, 1.54) is 17.8 Å². The number of amides is 1. The lowest BCUT2D eigenvalue weighted by molar-refractivity contribution is -0.394. The van der Waals surface area contributed by atoms with Gasteiger partial charge in [-0.05, 0) is 35.4 Å². The minimum Gasteiger partial charge on any atom is -0.450 e. The fraction of sp³-hybridized carbons (Fsp3) is 0.0435. The highest BCUT2D eigenvalue weighted by Gasteiger charge is 2.32. The van der Waals surface area contributed by atoms with Gasteiger partial charge in [0.1, 0.15) is 10.1 Å². The minimum absolute atomic E-state index is 0.120. The summed E-state index contributed by atoms with van der Waals surface area (Å²) in [6, 6.07) is 19.3. The summed E-state index contributed by atoms with van der Waals surface area (Å²) in [4.78, 5) is 35.6. The number of nitro groups is 2. The van der Waals surface area contributed by atoms with Gasteiger partial charge in [-0.2, -0.15) is 0 Å². The maximum absolute atomic E-state index is 12.8. The highest BCUT2D eigenvalue weighted by atomic mass is 32.2. The van der Waals surface area contributed by atoms with Crippen molar-refractivity contribution in [2.24, 2.45) is 0 Å². The van der Waals surface area contributed by atoms with Crippen LogP contribution in [0.15, 0.2) is 77.7 Å². The van der Waals surface area contributed by atoms with Crippen LogP contribution >= 0.6 is 24.0 Å². The number of nitro benzene ring substituents is 2. The first-order valence-electron chi connectivity index (χ1n) is 9.82. The predicted molar refractivity (Wildman–Crippen MR) is 131 cm³/mol. The molecule has 0 atom stereocenters. The van der Waals surface area contributed by atoms with Crippen molar-refractivity contribution in [1.82, 2.24) is 4.90 Å².